The number of nitrogens with one attached hydrogen (secondary N) is 1. The first kappa shape index (κ1) is 30.9. The first-order valence-corrected chi connectivity index (χ1v) is 13.6. The predicted molar refractivity (Wildman–Crippen MR) is 137 cm³/mol. The molecule has 3 N–H and O–H groups in total. The molecule has 0 saturated heterocycles. The summed E-state index contributed by atoms with van der Waals surface area (Å²) in [5.74, 6) is -7.03. The summed E-state index contributed by atoms with van der Waals surface area (Å²) in [5, 5.41) is 2.32. The number of fused-ring (bicyclic) bond motifs is 1. The van der Waals surface area contributed by atoms with Gasteiger partial charge in [0.25, 0.3) is 5.91 Å². The number of phosphoric ester groups is 1. The number of carbonyl (C=O) groups excluding carboxylic acids is 2. The van der Waals surface area contributed by atoms with Gasteiger partial charge in [0.05, 0.1) is 18.3 Å². The van der Waals surface area contributed by atoms with Gasteiger partial charge in [-0.1, -0.05) is 6.07 Å². The topological polar surface area (TPSA) is 129 Å². The predicted octanol–water partition coefficient (Wildman–Crippen LogP) is 4.89. The molecule has 1 aliphatic heterocycles. The number of rotatable bonds is 9. The molecule has 10 nitrogen and oxygen atoms in total. The van der Waals surface area contributed by atoms with E-state index in [-0.39, 0.29) is 11.3 Å². The molecule has 0 fully saturated rings. The largest absolute Gasteiger partial charge is 0.472 e. The van der Waals surface area contributed by atoms with Gasteiger partial charge in [-0.05, 0) is 24.6 Å². The van der Waals surface area contributed by atoms with Gasteiger partial charge in [-0.25, -0.2) is 35.8 Å². The highest BCUT2D eigenvalue weighted by Crippen LogP contribution is 2.38. The molecule has 0 aliphatic carbocycles. The molecule has 0 unspecified atom stereocenters. The molecule has 16 heteroatoms. The van der Waals surface area contributed by atoms with Crippen LogP contribution in [-0.2, 0) is 22.2 Å². The molecular weight excluding hydrogens is 592 g/mol. The lowest BCUT2D eigenvalue weighted by Gasteiger charge is -2.39. The SMILES string of the molecule is C[C@H]1c2ccc(C(=O)NCc3c(F)cc(F)cc3F)cc2N(Cc2c(F)cc(OCOP(=O)(O)O)cc2F)C(=O)N1C. The third-order valence-corrected chi connectivity index (χ3v) is 7.00. The van der Waals surface area contributed by atoms with Crippen molar-refractivity contribution in [2.24, 2.45) is 0 Å². The molecule has 0 radical (unpaired) electrons. The van der Waals surface area contributed by atoms with E-state index >= 15 is 0 Å². The third kappa shape index (κ3) is 6.71. The van der Waals surface area contributed by atoms with Crippen LogP contribution in [-0.4, -0.2) is 40.5 Å². The minimum atomic E-state index is -4.88. The summed E-state index contributed by atoms with van der Waals surface area (Å²) in [4.78, 5) is 45.8. The van der Waals surface area contributed by atoms with Crippen molar-refractivity contribution in [2.45, 2.75) is 26.1 Å². The van der Waals surface area contributed by atoms with Crippen LogP contribution < -0.4 is 15.0 Å². The Morgan fingerprint density at radius 3 is 2.17 bits per heavy atom. The number of carbonyl (C=O) groups is 2. The fourth-order valence-corrected chi connectivity index (χ4v) is 4.43. The van der Waals surface area contributed by atoms with Gasteiger partial charge in [0.2, 0.25) is 0 Å². The molecule has 3 aromatic carbocycles. The van der Waals surface area contributed by atoms with Crippen LogP contribution in [0.2, 0.25) is 0 Å². The standard InChI is InChI=1S/C26H23F5N3O7P/c1-13-17-4-3-14(25(35)32-10-18-20(28)6-15(27)7-21(18)29)5-24(17)34(26(36)33(13)2)11-19-22(30)8-16(9-23(19)31)40-12-41-42(37,38)39/h3-9,13H,10-12H2,1-2H3,(H,32,35)(H2,37,38,39)/t13-/m0/s1. The number of phosphoric acid groups is 1. The maximum absolute atomic E-state index is 14.9. The number of hydrogen-bond acceptors (Lipinski definition) is 5. The monoisotopic (exact) mass is 615 g/mol. The van der Waals surface area contributed by atoms with Crippen LogP contribution in [0, 0.1) is 29.1 Å². The smallest absolute Gasteiger partial charge is 0.467 e. The molecule has 3 amide bonds. The summed E-state index contributed by atoms with van der Waals surface area (Å²) in [6.07, 6.45) is 0. The molecule has 224 valence electrons. The normalized spacial score (nSPS) is 15.1. The van der Waals surface area contributed by atoms with Crippen molar-refractivity contribution < 1.29 is 55.2 Å². The summed E-state index contributed by atoms with van der Waals surface area (Å²) >= 11 is 0. The van der Waals surface area contributed by atoms with E-state index in [2.05, 4.69) is 9.84 Å². The number of nitrogens with zero attached hydrogens (tertiary/aromatic N) is 2. The minimum absolute atomic E-state index is 0.0408. The summed E-state index contributed by atoms with van der Waals surface area (Å²) in [6, 6.07) is 5.47. The maximum Gasteiger partial charge on any atom is 0.472 e. The van der Waals surface area contributed by atoms with E-state index in [1.54, 1.807) is 6.92 Å². The van der Waals surface area contributed by atoms with Gasteiger partial charge in [-0.15, -0.1) is 0 Å². The average molecular weight is 615 g/mol. The number of halogens is 5. The molecule has 1 heterocycles. The number of hydrogen-bond donors (Lipinski definition) is 3. The Balaban J connectivity index is 1.60. The fourth-order valence-electron chi connectivity index (χ4n) is 4.24. The number of benzene rings is 3. The van der Waals surface area contributed by atoms with E-state index in [1.807, 2.05) is 0 Å². The van der Waals surface area contributed by atoms with Gasteiger partial charge >= 0.3 is 13.9 Å². The maximum atomic E-state index is 14.9. The third-order valence-electron chi connectivity index (χ3n) is 6.56. The van der Waals surface area contributed by atoms with Crippen molar-refractivity contribution >= 4 is 25.4 Å². The molecular formula is C26H23F5N3O7P. The number of anilines is 1. The van der Waals surface area contributed by atoms with Gasteiger partial charge in [0.1, 0.15) is 34.8 Å². The molecule has 3 aromatic rings. The van der Waals surface area contributed by atoms with Crippen molar-refractivity contribution in [1.29, 1.82) is 0 Å². The van der Waals surface area contributed by atoms with E-state index < -0.39 is 91.6 Å². The van der Waals surface area contributed by atoms with Crippen molar-refractivity contribution in [1.82, 2.24) is 10.2 Å². The van der Waals surface area contributed by atoms with Gasteiger partial charge in [-0.3, -0.25) is 9.69 Å². The molecule has 0 aromatic heterocycles. The van der Waals surface area contributed by atoms with Crippen molar-refractivity contribution in [3.05, 3.63) is 93.8 Å². The summed E-state index contributed by atoms with van der Waals surface area (Å²) in [7, 11) is -3.41. The number of amides is 3. The Hall–Kier alpha value is -4.04. The first-order valence-electron chi connectivity index (χ1n) is 12.1. The molecule has 0 saturated carbocycles. The van der Waals surface area contributed by atoms with Crippen molar-refractivity contribution in [2.75, 3.05) is 18.7 Å². The molecule has 1 atom stereocenters. The Morgan fingerprint density at radius 2 is 1.57 bits per heavy atom. The molecule has 42 heavy (non-hydrogen) atoms. The van der Waals surface area contributed by atoms with Crippen LogP contribution in [0.4, 0.5) is 32.4 Å². The van der Waals surface area contributed by atoms with Gasteiger partial charge in [0.15, 0.2) is 6.79 Å². The number of urea groups is 1. The quantitative estimate of drug-likeness (QED) is 0.178. The first-order chi connectivity index (χ1) is 19.7. The Kier molecular flexibility index (Phi) is 8.87. The average Bonchev–Trinajstić information content (AvgIpc) is 2.89. The van der Waals surface area contributed by atoms with E-state index in [0.717, 1.165) is 17.0 Å². The van der Waals surface area contributed by atoms with Crippen molar-refractivity contribution in [3.63, 3.8) is 0 Å². The summed E-state index contributed by atoms with van der Waals surface area (Å²) in [5.41, 5.74) is -0.494. The molecule has 1 aliphatic rings. The Labute approximate surface area is 235 Å². The lowest BCUT2D eigenvalue weighted by molar-refractivity contribution is 0.0823. The fraction of sp³-hybridized carbons (Fsp3) is 0.231. The zero-order chi connectivity index (χ0) is 30.9. The van der Waals surface area contributed by atoms with Crippen LogP contribution >= 0.6 is 7.82 Å². The van der Waals surface area contributed by atoms with Gasteiger partial charge < -0.3 is 24.7 Å². The second-order valence-corrected chi connectivity index (χ2v) is 10.4. The van der Waals surface area contributed by atoms with Crippen LogP contribution in [0.25, 0.3) is 0 Å². The highest BCUT2D eigenvalue weighted by atomic mass is 31.2. The van der Waals surface area contributed by atoms with Crippen molar-refractivity contribution in [3.8, 4) is 5.75 Å². The zero-order valence-electron chi connectivity index (χ0n) is 21.9. The van der Waals surface area contributed by atoms with E-state index in [4.69, 9.17) is 14.5 Å². The Bertz CT molecular complexity index is 1560. The molecule has 4 rings (SSSR count). The van der Waals surface area contributed by atoms with E-state index in [0.29, 0.717) is 17.7 Å². The highest BCUT2D eigenvalue weighted by Gasteiger charge is 2.35. The van der Waals surface area contributed by atoms with Crippen LogP contribution in [0.5, 0.6) is 5.75 Å². The molecule has 0 bridgehead atoms. The lowest BCUT2D eigenvalue weighted by Crippen LogP contribution is -2.47. The van der Waals surface area contributed by atoms with Crippen LogP contribution in [0.3, 0.4) is 0 Å². The van der Waals surface area contributed by atoms with E-state index in [9.17, 15) is 36.1 Å². The van der Waals surface area contributed by atoms with E-state index in [1.165, 1.54) is 30.1 Å². The number of ether oxygens (including phenoxy) is 1. The van der Waals surface area contributed by atoms with Gasteiger partial charge in [-0.2, -0.15) is 0 Å². The second kappa shape index (κ2) is 12.1. The zero-order valence-corrected chi connectivity index (χ0v) is 22.8. The van der Waals surface area contributed by atoms with Crippen LogP contribution in [0.1, 0.15) is 40.0 Å². The Morgan fingerprint density at radius 1 is 0.976 bits per heavy atom. The minimum Gasteiger partial charge on any atom is -0.467 e. The molecule has 0 spiro atoms. The van der Waals surface area contributed by atoms with Gasteiger partial charge in [0, 0.05) is 54.5 Å². The summed E-state index contributed by atoms with van der Waals surface area (Å²) in [6.45, 7) is -0.536. The second-order valence-electron chi connectivity index (χ2n) is 9.21. The summed E-state index contributed by atoms with van der Waals surface area (Å²) < 4.78 is 90.7. The van der Waals surface area contributed by atoms with Crippen LogP contribution in [0.15, 0.2) is 42.5 Å². The lowest BCUT2D eigenvalue weighted by atomic mass is 9.98. The highest BCUT2D eigenvalue weighted by molar-refractivity contribution is 7.46.